The van der Waals surface area contributed by atoms with Crippen LogP contribution in [0.25, 0.3) is 5.65 Å². The maximum atomic E-state index is 12.9. The van der Waals surface area contributed by atoms with Crippen LogP contribution < -0.4 is 5.32 Å². The summed E-state index contributed by atoms with van der Waals surface area (Å²) >= 11 is 0. The molecule has 0 bridgehead atoms. The van der Waals surface area contributed by atoms with Crippen molar-refractivity contribution in [3.8, 4) is 0 Å². The average Bonchev–Trinajstić information content (AvgIpc) is 3.09. The van der Waals surface area contributed by atoms with Crippen LogP contribution in [-0.2, 0) is 10.2 Å². The number of carbonyl (C=O) groups is 1. The second kappa shape index (κ2) is 7.36. The van der Waals surface area contributed by atoms with E-state index in [1.807, 2.05) is 13.1 Å². The van der Waals surface area contributed by atoms with Crippen LogP contribution >= 0.6 is 0 Å². The molecule has 3 heterocycles. The molecule has 0 saturated carbocycles. The van der Waals surface area contributed by atoms with Crippen molar-refractivity contribution in [2.75, 3.05) is 19.8 Å². The van der Waals surface area contributed by atoms with Crippen molar-refractivity contribution in [2.45, 2.75) is 39.0 Å². The number of aryl methyl sites for hydroxylation is 3. The van der Waals surface area contributed by atoms with Gasteiger partial charge in [0, 0.05) is 37.6 Å². The zero-order chi connectivity index (χ0) is 19.7. The van der Waals surface area contributed by atoms with Crippen LogP contribution in [0, 0.1) is 20.8 Å². The van der Waals surface area contributed by atoms with E-state index in [0.717, 1.165) is 18.4 Å². The van der Waals surface area contributed by atoms with E-state index in [2.05, 4.69) is 47.4 Å². The number of hydrogen-bond donors (Lipinski definition) is 1. The average molecular weight is 378 g/mol. The van der Waals surface area contributed by atoms with Gasteiger partial charge in [0.05, 0.1) is 6.20 Å². The maximum absolute atomic E-state index is 12.9. The fourth-order valence-electron chi connectivity index (χ4n) is 4.08. The Kier molecular flexibility index (Phi) is 4.89. The number of fused-ring (bicyclic) bond motifs is 1. The largest absolute Gasteiger partial charge is 0.381 e. The van der Waals surface area contributed by atoms with E-state index in [9.17, 15) is 4.79 Å². The fourth-order valence-corrected chi connectivity index (χ4v) is 4.08. The Morgan fingerprint density at radius 2 is 1.82 bits per heavy atom. The molecular formula is C22H26N4O2. The van der Waals surface area contributed by atoms with E-state index < -0.39 is 0 Å². The Morgan fingerprint density at radius 3 is 2.54 bits per heavy atom. The smallest absolute Gasteiger partial charge is 0.256 e. The Bertz CT molecular complexity index is 998. The van der Waals surface area contributed by atoms with Crippen molar-refractivity contribution < 1.29 is 9.53 Å². The molecule has 1 saturated heterocycles. The number of carbonyl (C=O) groups excluding carboxylic acids is 1. The summed E-state index contributed by atoms with van der Waals surface area (Å²) in [7, 11) is 0. The minimum Gasteiger partial charge on any atom is -0.381 e. The van der Waals surface area contributed by atoms with Crippen LogP contribution in [0.1, 0.15) is 45.5 Å². The summed E-state index contributed by atoms with van der Waals surface area (Å²) in [4.78, 5) is 17.3. The summed E-state index contributed by atoms with van der Waals surface area (Å²) < 4.78 is 7.27. The molecule has 28 heavy (non-hydrogen) atoms. The Balaban J connectivity index is 1.60. The molecule has 6 nitrogen and oxygen atoms in total. The van der Waals surface area contributed by atoms with Crippen LogP contribution in [0.15, 0.2) is 36.8 Å². The third kappa shape index (κ3) is 3.52. The first kappa shape index (κ1) is 18.6. The lowest BCUT2D eigenvalue weighted by Gasteiger charge is -2.38. The van der Waals surface area contributed by atoms with E-state index in [4.69, 9.17) is 4.74 Å². The van der Waals surface area contributed by atoms with Gasteiger partial charge in [-0.15, -0.1) is 0 Å². The molecule has 1 aliphatic heterocycles. The minimum absolute atomic E-state index is 0.113. The van der Waals surface area contributed by atoms with Gasteiger partial charge in [-0.3, -0.25) is 4.79 Å². The lowest BCUT2D eigenvalue weighted by atomic mass is 9.73. The SMILES string of the molecule is Cc1cc(C)cc(C2(CNC(=O)c3cnn4cc(C)cnc34)CCOCC2)c1. The van der Waals surface area contributed by atoms with Gasteiger partial charge in [-0.05, 0) is 44.7 Å². The second-order valence-corrected chi connectivity index (χ2v) is 7.91. The third-order valence-electron chi connectivity index (χ3n) is 5.60. The van der Waals surface area contributed by atoms with E-state index in [0.29, 0.717) is 31.0 Å². The molecule has 0 unspecified atom stereocenters. The van der Waals surface area contributed by atoms with Gasteiger partial charge in [0.2, 0.25) is 0 Å². The Labute approximate surface area is 164 Å². The summed E-state index contributed by atoms with van der Waals surface area (Å²) in [5.41, 5.74) is 5.74. The van der Waals surface area contributed by atoms with Crippen LogP contribution in [0.2, 0.25) is 0 Å². The highest BCUT2D eigenvalue weighted by molar-refractivity contribution is 5.99. The highest BCUT2D eigenvalue weighted by Crippen LogP contribution is 2.35. The van der Waals surface area contributed by atoms with Crippen molar-refractivity contribution in [2.24, 2.45) is 0 Å². The van der Waals surface area contributed by atoms with Gasteiger partial charge < -0.3 is 10.1 Å². The van der Waals surface area contributed by atoms with E-state index in [1.165, 1.54) is 16.7 Å². The highest BCUT2D eigenvalue weighted by Gasteiger charge is 2.35. The number of nitrogens with zero attached hydrogens (tertiary/aromatic N) is 3. The van der Waals surface area contributed by atoms with Crippen LogP contribution in [0.4, 0.5) is 0 Å². The van der Waals surface area contributed by atoms with Crippen LogP contribution in [0.5, 0.6) is 0 Å². The standard InChI is InChI=1S/C22H26N4O2/c1-15-8-16(2)10-18(9-15)22(4-6-28-7-5-22)14-24-21(27)19-12-25-26-13-17(3)11-23-20(19)26/h8-13H,4-7,14H2,1-3H3,(H,24,27). The summed E-state index contributed by atoms with van der Waals surface area (Å²) in [5, 5.41) is 7.42. The van der Waals surface area contributed by atoms with Gasteiger partial charge in [-0.1, -0.05) is 29.3 Å². The number of aromatic nitrogens is 3. The van der Waals surface area contributed by atoms with Crippen LogP contribution in [0.3, 0.4) is 0 Å². The van der Waals surface area contributed by atoms with Gasteiger partial charge in [-0.25, -0.2) is 9.50 Å². The lowest BCUT2D eigenvalue weighted by Crippen LogP contribution is -2.44. The van der Waals surface area contributed by atoms with Gasteiger partial charge in [0.25, 0.3) is 5.91 Å². The first-order valence-corrected chi connectivity index (χ1v) is 9.72. The molecule has 1 amide bonds. The maximum Gasteiger partial charge on any atom is 0.256 e. The van der Waals surface area contributed by atoms with Crippen molar-refractivity contribution >= 4 is 11.6 Å². The van der Waals surface area contributed by atoms with Crippen molar-refractivity contribution in [3.63, 3.8) is 0 Å². The van der Waals surface area contributed by atoms with Gasteiger partial charge >= 0.3 is 0 Å². The number of amides is 1. The van der Waals surface area contributed by atoms with E-state index in [1.54, 1.807) is 16.9 Å². The van der Waals surface area contributed by atoms with Gasteiger partial charge in [0.15, 0.2) is 5.65 Å². The topological polar surface area (TPSA) is 68.5 Å². The molecule has 0 spiro atoms. The molecule has 6 heteroatoms. The van der Waals surface area contributed by atoms with Crippen molar-refractivity contribution in [1.82, 2.24) is 19.9 Å². The molecule has 1 fully saturated rings. The predicted molar refractivity (Wildman–Crippen MR) is 108 cm³/mol. The first-order chi connectivity index (χ1) is 13.5. The van der Waals surface area contributed by atoms with E-state index >= 15 is 0 Å². The van der Waals surface area contributed by atoms with Crippen LogP contribution in [-0.4, -0.2) is 40.3 Å². The molecule has 1 aliphatic rings. The molecule has 0 radical (unpaired) electrons. The molecule has 1 N–H and O–H groups in total. The lowest BCUT2D eigenvalue weighted by molar-refractivity contribution is 0.0487. The molecule has 0 aliphatic carbocycles. The fraction of sp³-hybridized carbons (Fsp3) is 0.409. The number of nitrogens with one attached hydrogen (secondary N) is 1. The highest BCUT2D eigenvalue weighted by atomic mass is 16.5. The summed E-state index contributed by atoms with van der Waals surface area (Å²) in [6, 6.07) is 6.66. The monoisotopic (exact) mass is 378 g/mol. The zero-order valence-electron chi connectivity index (χ0n) is 16.7. The predicted octanol–water partition coefficient (Wildman–Crippen LogP) is 3.13. The number of ether oxygens (including phenoxy) is 1. The Hall–Kier alpha value is -2.73. The zero-order valence-corrected chi connectivity index (χ0v) is 16.7. The summed E-state index contributed by atoms with van der Waals surface area (Å²) in [6.07, 6.45) is 6.99. The van der Waals surface area contributed by atoms with E-state index in [-0.39, 0.29) is 11.3 Å². The molecule has 2 aromatic heterocycles. The second-order valence-electron chi connectivity index (χ2n) is 7.91. The van der Waals surface area contributed by atoms with Crippen molar-refractivity contribution in [1.29, 1.82) is 0 Å². The first-order valence-electron chi connectivity index (χ1n) is 9.72. The normalized spacial score (nSPS) is 16.2. The third-order valence-corrected chi connectivity index (χ3v) is 5.60. The molecular weight excluding hydrogens is 352 g/mol. The number of rotatable bonds is 4. The molecule has 4 rings (SSSR count). The molecule has 146 valence electrons. The van der Waals surface area contributed by atoms with Crippen molar-refractivity contribution in [3.05, 3.63) is 64.6 Å². The number of benzene rings is 1. The summed E-state index contributed by atoms with van der Waals surface area (Å²) in [5.74, 6) is -0.137. The van der Waals surface area contributed by atoms with Gasteiger partial charge in [0.1, 0.15) is 5.56 Å². The number of hydrogen-bond acceptors (Lipinski definition) is 4. The van der Waals surface area contributed by atoms with Gasteiger partial charge in [-0.2, -0.15) is 5.10 Å². The molecule has 0 atom stereocenters. The summed E-state index contributed by atoms with van der Waals surface area (Å²) in [6.45, 7) is 8.18. The minimum atomic E-state index is -0.137. The molecule has 3 aromatic rings. The Morgan fingerprint density at radius 1 is 1.11 bits per heavy atom. The molecule has 1 aromatic carbocycles. The quantitative estimate of drug-likeness (QED) is 0.757.